The standard InChI is InChI=1S/C12H24N2O3/c13-11-3-1-2-10(8-11)9-12(17)14(4-6-15)5-7-16/h10-11,15-16H,1-9,13H2. The number of carbonyl (C=O) groups is 1. The van der Waals surface area contributed by atoms with Crippen LogP contribution in [-0.4, -0.2) is 53.4 Å². The summed E-state index contributed by atoms with van der Waals surface area (Å²) in [5, 5.41) is 17.7. The molecule has 1 aliphatic rings. The van der Waals surface area contributed by atoms with Gasteiger partial charge >= 0.3 is 0 Å². The second-order valence-corrected chi connectivity index (χ2v) is 4.82. The summed E-state index contributed by atoms with van der Waals surface area (Å²) in [6.07, 6.45) is 4.62. The molecule has 1 amide bonds. The van der Waals surface area contributed by atoms with Gasteiger partial charge in [0.1, 0.15) is 0 Å². The third-order valence-electron chi connectivity index (χ3n) is 3.38. The van der Waals surface area contributed by atoms with E-state index in [1.807, 2.05) is 0 Å². The fourth-order valence-electron chi connectivity index (χ4n) is 2.50. The smallest absolute Gasteiger partial charge is 0.223 e. The summed E-state index contributed by atoms with van der Waals surface area (Å²) in [5.74, 6) is 0.387. The van der Waals surface area contributed by atoms with Crippen LogP contribution in [0.25, 0.3) is 0 Å². The van der Waals surface area contributed by atoms with Crippen molar-refractivity contribution in [2.24, 2.45) is 11.7 Å². The number of hydrogen-bond donors (Lipinski definition) is 3. The maximum absolute atomic E-state index is 12.0. The van der Waals surface area contributed by atoms with E-state index < -0.39 is 0 Å². The van der Waals surface area contributed by atoms with E-state index in [0.29, 0.717) is 25.4 Å². The van der Waals surface area contributed by atoms with Crippen LogP contribution in [0.5, 0.6) is 0 Å². The minimum atomic E-state index is -0.0596. The van der Waals surface area contributed by atoms with Gasteiger partial charge in [-0.1, -0.05) is 6.42 Å². The van der Waals surface area contributed by atoms with Gasteiger partial charge in [-0.2, -0.15) is 0 Å². The fraction of sp³-hybridized carbons (Fsp3) is 0.917. The van der Waals surface area contributed by atoms with Gasteiger partial charge in [0.05, 0.1) is 13.2 Å². The SMILES string of the molecule is NC1CCCC(CC(=O)N(CCO)CCO)C1. The summed E-state index contributed by atoms with van der Waals surface area (Å²) in [4.78, 5) is 13.5. The largest absolute Gasteiger partial charge is 0.395 e. The zero-order valence-electron chi connectivity index (χ0n) is 10.3. The Kier molecular flexibility index (Phi) is 6.47. The van der Waals surface area contributed by atoms with E-state index in [2.05, 4.69) is 0 Å². The van der Waals surface area contributed by atoms with Crippen molar-refractivity contribution in [1.82, 2.24) is 4.90 Å². The summed E-state index contributed by atoms with van der Waals surface area (Å²) >= 11 is 0. The molecule has 5 nitrogen and oxygen atoms in total. The van der Waals surface area contributed by atoms with Crippen LogP contribution in [0.2, 0.25) is 0 Å². The van der Waals surface area contributed by atoms with Gasteiger partial charge in [-0.05, 0) is 25.2 Å². The Morgan fingerprint density at radius 3 is 2.41 bits per heavy atom. The second kappa shape index (κ2) is 7.63. The van der Waals surface area contributed by atoms with Crippen molar-refractivity contribution >= 4 is 5.91 Å². The number of carbonyl (C=O) groups excluding carboxylic acids is 1. The Balaban J connectivity index is 2.39. The highest BCUT2D eigenvalue weighted by Crippen LogP contribution is 2.26. The van der Waals surface area contributed by atoms with Gasteiger partial charge in [0.15, 0.2) is 0 Å². The van der Waals surface area contributed by atoms with Crippen molar-refractivity contribution < 1.29 is 15.0 Å². The minimum Gasteiger partial charge on any atom is -0.395 e. The van der Waals surface area contributed by atoms with Crippen molar-refractivity contribution in [3.05, 3.63) is 0 Å². The average molecular weight is 244 g/mol. The molecule has 0 spiro atoms. The molecule has 0 radical (unpaired) electrons. The van der Waals surface area contributed by atoms with Crippen molar-refractivity contribution in [3.8, 4) is 0 Å². The molecule has 0 heterocycles. The lowest BCUT2D eigenvalue weighted by atomic mass is 9.84. The van der Waals surface area contributed by atoms with Crippen LogP contribution in [0.15, 0.2) is 0 Å². The van der Waals surface area contributed by atoms with Gasteiger partial charge in [-0.25, -0.2) is 0 Å². The second-order valence-electron chi connectivity index (χ2n) is 4.82. The molecule has 100 valence electrons. The van der Waals surface area contributed by atoms with Crippen molar-refractivity contribution in [2.75, 3.05) is 26.3 Å². The molecule has 0 saturated heterocycles. The maximum atomic E-state index is 12.0. The van der Waals surface area contributed by atoms with E-state index in [1.165, 1.54) is 4.90 Å². The molecule has 0 aliphatic heterocycles. The number of aliphatic hydroxyl groups excluding tert-OH is 2. The van der Waals surface area contributed by atoms with Crippen LogP contribution in [0.1, 0.15) is 32.1 Å². The Hall–Kier alpha value is -0.650. The molecule has 1 saturated carbocycles. The van der Waals surface area contributed by atoms with Crippen LogP contribution in [0.3, 0.4) is 0 Å². The normalized spacial score (nSPS) is 24.6. The molecular weight excluding hydrogens is 220 g/mol. The zero-order chi connectivity index (χ0) is 12.7. The predicted octanol–water partition coefficient (Wildman–Crippen LogP) is -0.293. The number of nitrogens with two attached hydrogens (primary N) is 1. The highest BCUT2D eigenvalue weighted by atomic mass is 16.3. The molecule has 1 fully saturated rings. The van der Waals surface area contributed by atoms with Crippen molar-refractivity contribution in [1.29, 1.82) is 0 Å². The van der Waals surface area contributed by atoms with Crippen LogP contribution < -0.4 is 5.73 Å². The fourth-order valence-corrected chi connectivity index (χ4v) is 2.50. The molecule has 1 rings (SSSR count). The number of hydrogen-bond acceptors (Lipinski definition) is 4. The average Bonchev–Trinajstić information content (AvgIpc) is 2.28. The molecule has 4 N–H and O–H groups in total. The van der Waals surface area contributed by atoms with E-state index in [-0.39, 0.29) is 25.2 Å². The summed E-state index contributed by atoms with van der Waals surface area (Å²) in [5.41, 5.74) is 5.89. The topological polar surface area (TPSA) is 86.8 Å². The lowest BCUT2D eigenvalue weighted by Crippen LogP contribution is -2.38. The summed E-state index contributed by atoms with van der Waals surface area (Å²) < 4.78 is 0. The molecule has 2 atom stereocenters. The Labute approximate surface area is 103 Å². The first-order valence-electron chi connectivity index (χ1n) is 6.42. The highest BCUT2D eigenvalue weighted by molar-refractivity contribution is 5.76. The van der Waals surface area contributed by atoms with Crippen LogP contribution in [0, 0.1) is 5.92 Å². The first-order chi connectivity index (χ1) is 8.17. The van der Waals surface area contributed by atoms with Crippen LogP contribution in [0.4, 0.5) is 0 Å². The van der Waals surface area contributed by atoms with Crippen LogP contribution >= 0.6 is 0 Å². The van der Waals surface area contributed by atoms with Gasteiger partial charge in [-0.15, -0.1) is 0 Å². The first-order valence-corrected chi connectivity index (χ1v) is 6.42. The van der Waals surface area contributed by atoms with E-state index >= 15 is 0 Å². The number of nitrogens with zero attached hydrogens (tertiary/aromatic N) is 1. The third-order valence-corrected chi connectivity index (χ3v) is 3.38. The Morgan fingerprint density at radius 1 is 1.24 bits per heavy atom. The highest BCUT2D eigenvalue weighted by Gasteiger charge is 2.23. The summed E-state index contributed by atoms with van der Waals surface area (Å²) in [7, 11) is 0. The van der Waals surface area contributed by atoms with E-state index in [9.17, 15) is 4.79 Å². The van der Waals surface area contributed by atoms with Gasteiger partial charge < -0.3 is 20.8 Å². The van der Waals surface area contributed by atoms with E-state index in [1.54, 1.807) is 0 Å². The van der Waals surface area contributed by atoms with Crippen molar-refractivity contribution in [2.45, 2.75) is 38.1 Å². The maximum Gasteiger partial charge on any atom is 0.223 e. The molecule has 0 aromatic rings. The van der Waals surface area contributed by atoms with Crippen molar-refractivity contribution in [3.63, 3.8) is 0 Å². The molecule has 0 bridgehead atoms. The third kappa shape index (κ3) is 5.02. The van der Waals surface area contributed by atoms with Crippen LogP contribution in [-0.2, 0) is 4.79 Å². The van der Waals surface area contributed by atoms with Gasteiger partial charge in [-0.3, -0.25) is 4.79 Å². The molecular formula is C12H24N2O3. The number of amides is 1. The number of aliphatic hydroxyl groups is 2. The predicted molar refractivity (Wildman–Crippen MR) is 65.3 cm³/mol. The van der Waals surface area contributed by atoms with E-state index in [0.717, 1.165) is 25.7 Å². The molecule has 5 heteroatoms. The van der Waals surface area contributed by atoms with Gasteiger partial charge in [0.25, 0.3) is 0 Å². The van der Waals surface area contributed by atoms with E-state index in [4.69, 9.17) is 15.9 Å². The quantitative estimate of drug-likeness (QED) is 0.599. The molecule has 0 aromatic carbocycles. The number of rotatable bonds is 6. The lowest BCUT2D eigenvalue weighted by molar-refractivity contribution is -0.133. The zero-order valence-corrected chi connectivity index (χ0v) is 10.3. The molecule has 2 unspecified atom stereocenters. The lowest BCUT2D eigenvalue weighted by Gasteiger charge is -2.28. The minimum absolute atomic E-state index is 0.0206. The molecule has 0 aromatic heterocycles. The summed E-state index contributed by atoms with van der Waals surface area (Å²) in [6, 6.07) is 0.227. The Morgan fingerprint density at radius 2 is 1.88 bits per heavy atom. The molecule has 1 aliphatic carbocycles. The first kappa shape index (κ1) is 14.4. The van der Waals surface area contributed by atoms with Gasteiger partial charge in [0, 0.05) is 25.6 Å². The van der Waals surface area contributed by atoms with Gasteiger partial charge in [0.2, 0.25) is 5.91 Å². The monoisotopic (exact) mass is 244 g/mol. The molecule has 17 heavy (non-hydrogen) atoms. The summed E-state index contributed by atoms with van der Waals surface area (Å²) in [6.45, 7) is 0.488. The Bertz CT molecular complexity index is 230.